The van der Waals surface area contributed by atoms with Crippen LogP contribution in [0.4, 0.5) is 11.5 Å². The summed E-state index contributed by atoms with van der Waals surface area (Å²) in [5, 5.41) is 3.38. The van der Waals surface area contributed by atoms with Crippen LogP contribution in [0.2, 0.25) is 0 Å². The molecule has 2 N–H and O–H groups in total. The van der Waals surface area contributed by atoms with Gasteiger partial charge in [-0.2, -0.15) is 0 Å². The molecule has 0 amide bonds. The van der Waals surface area contributed by atoms with Crippen molar-refractivity contribution in [3.05, 3.63) is 66.6 Å². The summed E-state index contributed by atoms with van der Waals surface area (Å²) in [6.45, 7) is 2.16. The van der Waals surface area contributed by atoms with Crippen molar-refractivity contribution < 1.29 is 0 Å². The number of nitrogens with one attached hydrogen (secondary N) is 2. The molecule has 0 fully saturated rings. The van der Waals surface area contributed by atoms with E-state index >= 15 is 0 Å². The van der Waals surface area contributed by atoms with Crippen molar-refractivity contribution in [2.45, 2.75) is 13.3 Å². The molecular formula is C21H17N5. The highest BCUT2D eigenvalue weighted by molar-refractivity contribution is 5.95. The first-order valence-electron chi connectivity index (χ1n) is 8.70. The number of rotatable bonds is 2. The summed E-state index contributed by atoms with van der Waals surface area (Å²) >= 11 is 0. The molecule has 0 unspecified atom stereocenters. The van der Waals surface area contributed by atoms with Crippen LogP contribution in [0.5, 0.6) is 0 Å². The first kappa shape index (κ1) is 14.8. The molecule has 0 aliphatic carbocycles. The fourth-order valence-electron chi connectivity index (χ4n) is 3.49. The molecule has 0 bridgehead atoms. The van der Waals surface area contributed by atoms with E-state index in [-0.39, 0.29) is 0 Å². The van der Waals surface area contributed by atoms with Crippen LogP contribution in [0.1, 0.15) is 12.5 Å². The molecule has 126 valence electrons. The van der Waals surface area contributed by atoms with Crippen LogP contribution in [0.25, 0.3) is 33.9 Å². The Morgan fingerprint density at radius 1 is 0.923 bits per heavy atom. The summed E-state index contributed by atoms with van der Waals surface area (Å²) in [5.41, 5.74) is 7.25. The van der Waals surface area contributed by atoms with E-state index in [2.05, 4.69) is 51.5 Å². The quantitative estimate of drug-likeness (QED) is 0.484. The highest BCUT2D eigenvalue weighted by Crippen LogP contribution is 2.42. The Balaban J connectivity index is 1.81. The number of aromatic nitrogens is 4. The number of imidazole rings is 1. The van der Waals surface area contributed by atoms with Gasteiger partial charge in [-0.05, 0) is 30.2 Å². The molecule has 5 rings (SSSR count). The van der Waals surface area contributed by atoms with Crippen LogP contribution in [0.15, 0.2) is 61.1 Å². The third-order valence-corrected chi connectivity index (χ3v) is 4.76. The first-order chi connectivity index (χ1) is 12.8. The average Bonchev–Trinajstić information content (AvgIpc) is 3.08. The third-order valence-electron chi connectivity index (χ3n) is 4.76. The van der Waals surface area contributed by atoms with E-state index in [4.69, 9.17) is 4.98 Å². The van der Waals surface area contributed by atoms with E-state index in [9.17, 15) is 0 Å². The summed E-state index contributed by atoms with van der Waals surface area (Å²) in [6.07, 6.45) is 6.37. The molecule has 5 heteroatoms. The van der Waals surface area contributed by atoms with Crippen molar-refractivity contribution in [3.63, 3.8) is 0 Å². The van der Waals surface area contributed by atoms with Gasteiger partial charge in [-0.15, -0.1) is 0 Å². The standard InChI is InChI=1S/C21H17N5/c1-2-13-6-3-4-7-14(13)21-25-18-15-9-11-22-12-17(15)24-20-16(19(18)26-21)8-5-10-23-20/h3-12H,2H2,1H3,(H,23,24)(H,25,26). The number of anilines is 2. The fraction of sp³-hybridized carbons (Fsp3) is 0.0952. The minimum atomic E-state index is 0.794. The summed E-state index contributed by atoms with van der Waals surface area (Å²) in [4.78, 5) is 17.3. The molecule has 4 aromatic rings. The van der Waals surface area contributed by atoms with Crippen LogP contribution < -0.4 is 5.32 Å². The predicted molar refractivity (Wildman–Crippen MR) is 103 cm³/mol. The maximum Gasteiger partial charge on any atom is 0.139 e. The topological polar surface area (TPSA) is 66.5 Å². The largest absolute Gasteiger partial charge is 0.338 e. The average molecular weight is 339 g/mol. The number of fused-ring (bicyclic) bond motifs is 5. The molecular weight excluding hydrogens is 322 g/mol. The molecule has 1 aliphatic heterocycles. The molecule has 0 saturated heterocycles. The van der Waals surface area contributed by atoms with Gasteiger partial charge in [0, 0.05) is 29.1 Å². The fourth-order valence-corrected chi connectivity index (χ4v) is 3.49. The minimum Gasteiger partial charge on any atom is -0.338 e. The number of hydrogen-bond donors (Lipinski definition) is 2. The second-order valence-corrected chi connectivity index (χ2v) is 6.27. The van der Waals surface area contributed by atoms with Gasteiger partial charge in [0.1, 0.15) is 17.3 Å². The van der Waals surface area contributed by atoms with Crippen LogP contribution in [-0.2, 0) is 6.42 Å². The minimum absolute atomic E-state index is 0.794. The van der Waals surface area contributed by atoms with E-state index < -0.39 is 0 Å². The lowest BCUT2D eigenvalue weighted by molar-refractivity contribution is 1.13. The maximum atomic E-state index is 4.97. The second-order valence-electron chi connectivity index (χ2n) is 6.27. The van der Waals surface area contributed by atoms with Crippen molar-refractivity contribution >= 4 is 11.5 Å². The number of aromatic amines is 1. The number of aryl methyl sites for hydroxylation is 1. The van der Waals surface area contributed by atoms with E-state index in [1.807, 2.05) is 24.4 Å². The molecule has 4 heterocycles. The van der Waals surface area contributed by atoms with Crippen molar-refractivity contribution in [2.75, 3.05) is 5.32 Å². The lowest BCUT2D eigenvalue weighted by Gasteiger charge is -2.08. The zero-order valence-corrected chi connectivity index (χ0v) is 14.3. The van der Waals surface area contributed by atoms with Crippen molar-refractivity contribution in [1.82, 2.24) is 19.9 Å². The molecule has 3 aromatic heterocycles. The molecule has 5 nitrogen and oxygen atoms in total. The summed E-state index contributed by atoms with van der Waals surface area (Å²) in [6, 6.07) is 14.4. The molecule has 1 aliphatic rings. The van der Waals surface area contributed by atoms with Gasteiger partial charge in [-0.3, -0.25) is 4.98 Å². The molecule has 1 aromatic carbocycles. The van der Waals surface area contributed by atoms with Gasteiger partial charge in [0.05, 0.1) is 17.6 Å². The van der Waals surface area contributed by atoms with Gasteiger partial charge < -0.3 is 10.3 Å². The van der Waals surface area contributed by atoms with Gasteiger partial charge in [-0.25, -0.2) is 9.97 Å². The SMILES string of the molecule is CCc1ccccc1-c1nc2c([nH]1)-c1ccncc1Nc1ncccc1-2. The van der Waals surface area contributed by atoms with Crippen LogP contribution in [-0.4, -0.2) is 19.9 Å². The Morgan fingerprint density at radius 3 is 2.73 bits per heavy atom. The van der Waals surface area contributed by atoms with Crippen molar-refractivity contribution in [1.29, 1.82) is 0 Å². The van der Waals surface area contributed by atoms with Crippen molar-refractivity contribution in [3.8, 4) is 33.9 Å². The summed E-state index contributed by atoms with van der Waals surface area (Å²) < 4.78 is 0. The molecule has 26 heavy (non-hydrogen) atoms. The van der Waals surface area contributed by atoms with Gasteiger partial charge in [-0.1, -0.05) is 31.2 Å². The summed E-state index contributed by atoms with van der Waals surface area (Å²) in [5.74, 6) is 1.68. The Kier molecular flexibility index (Phi) is 3.31. The first-order valence-corrected chi connectivity index (χ1v) is 8.70. The molecule has 0 saturated carbocycles. The maximum absolute atomic E-state index is 4.97. The van der Waals surface area contributed by atoms with E-state index in [0.717, 1.165) is 51.8 Å². The molecule has 0 atom stereocenters. The number of benzene rings is 1. The third kappa shape index (κ3) is 2.21. The zero-order valence-electron chi connectivity index (χ0n) is 14.3. The summed E-state index contributed by atoms with van der Waals surface area (Å²) in [7, 11) is 0. The van der Waals surface area contributed by atoms with E-state index in [0.29, 0.717) is 0 Å². The van der Waals surface area contributed by atoms with Gasteiger partial charge in [0.25, 0.3) is 0 Å². The van der Waals surface area contributed by atoms with Gasteiger partial charge in [0.15, 0.2) is 0 Å². The monoisotopic (exact) mass is 339 g/mol. The Bertz CT molecular complexity index is 1050. The van der Waals surface area contributed by atoms with Crippen LogP contribution >= 0.6 is 0 Å². The zero-order chi connectivity index (χ0) is 17.5. The van der Waals surface area contributed by atoms with Gasteiger partial charge >= 0.3 is 0 Å². The van der Waals surface area contributed by atoms with Crippen LogP contribution in [0.3, 0.4) is 0 Å². The van der Waals surface area contributed by atoms with Crippen molar-refractivity contribution in [2.24, 2.45) is 0 Å². The lowest BCUT2D eigenvalue weighted by Crippen LogP contribution is -1.96. The lowest BCUT2D eigenvalue weighted by atomic mass is 10.1. The number of pyridine rings is 2. The van der Waals surface area contributed by atoms with Crippen LogP contribution in [0, 0.1) is 0 Å². The molecule has 0 radical (unpaired) electrons. The highest BCUT2D eigenvalue weighted by Gasteiger charge is 2.24. The normalized spacial score (nSPS) is 11.7. The van der Waals surface area contributed by atoms with E-state index in [1.165, 1.54) is 5.56 Å². The molecule has 0 spiro atoms. The second kappa shape index (κ2) is 5.81. The predicted octanol–water partition coefficient (Wildman–Crippen LogP) is 4.82. The Hall–Kier alpha value is -3.47. The Morgan fingerprint density at radius 2 is 1.81 bits per heavy atom. The Labute approximate surface area is 151 Å². The smallest absolute Gasteiger partial charge is 0.139 e. The van der Waals surface area contributed by atoms with E-state index in [1.54, 1.807) is 12.4 Å². The number of nitrogens with zero attached hydrogens (tertiary/aromatic N) is 3. The highest BCUT2D eigenvalue weighted by atomic mass is 15.0. The van der Waals surface area contributed by atoms with Gasteiger partial charge in [0.2, 0.25) is 0 Å². The number of H-pyrrole nitrogens is 1. The number of hydrogen-bond acceptors (Lipinski definition) is 4.